The lowest BCUT2D eigenvalue weighted by molar-refractivity contribution is 0.146. The van der Waals surface area contributed by atoms with Crippen LogP contribution in [0.2, 0.25) is 0 Å². The number of thiazole rings is 1. The average Bonchev–Trinajstić information content (AvgIpc) is 2.51. The Kier molecular flexibility index (Phi) is 5.38. The van der Waals surface area contributed by atoms with Gasteiger partial charge in [-0.05, 0) is 19.8 Å². The molecule has 0 saturated carbocycles. The van der Waals surface area contributed by atoms with Crippen LogP contribution >= 0.6 is 11.3 Å². The van der Waals surface area contributed by atoms with Crippen LogP contribution in [0.5, 0.6) is 0 Å². The van der Waals surface area contributed by atoms with Gasteiger partial charge in [-0.15, -0.1) is 11.3 Å². The van der Waals surface area contributed by atoms with E-state index in [1.54, 1.807) is 18.4 Å². The van der Waals surface area contributed by atoms with Crippen LogP contribution in [0.1, 0.15) is 29.4 Å². The van der Waals surface area contributed by atoms with Crippen LogP contribution in [0.3, 0.4) is 0 Å². The van der Waals surface area contributed by atoms with Crippen molar-refractivity contribution in [3.05, 3.63) is 15.6 Å². The maximum absolute atomic E-state index is 5.21. The van der Waals surface area contributed by atoms with E-state index in [-0.39, 0.29) is 0 Å². The predicted octanol–water partition coefficient (Wildman–Crippen LogP) is 2.52. The van der Waals surface area contributed by atoms with Crippen molar-refractivity contribution in [3.63, 3.8) is 0 Å². The number of aryl methyl sites for hydroxylation is 2. The fourth-order valence-corrected chi connectivity index (χ4v) is 2.52. The number of hydrogen-bond acceptors (Lipinski definition) is 4. The lowest BCUT2D eigenvalue weighted by Crippen LogP contribution is -2.37. The fourth-order valence-electron chi connectivity index (χ4n) is 1.63. The maximum Gasteiger partial charge on any atom is 0.0900 e. The van der Waals surface area contributed by atoms with E-state index < -0.39 is 0 Å². The summed E-state index contributed by atoms with van der Waals surface area (Å²) in [6.07, 6.45) is 0. The van der Waals surface area contributed by atoms with Gasteiger partial charge in [0.15, 0.2) is 0 Å². The van der Waals surface area contributed by atoms with Gasteiger partial charge in [-0.25, -0.2) is 4.98 Å². The van der Waals surface area contributed by atoms with Gasteiger partial charge >= 0.3 is 0 Å². The van der Waals surface area contributed by atoms with Crippen molar-refractivity contribution < 1.29 is 4.74 Å². The first-order chi connectivity index (χ1) is 7.54. The third-order valence-corrected chi connectivity index (χ3v) is 3.75. The lowest BCUT2D eigenvalue weighted by atomic mass is 10.1. The van der Waals surface area contributed by atoms with Crippen LogP contribution in [0.15, 0.2) is 0 Å². The number of aromatic nitrogens is 1. The first-order valence-electron chi connectivity index (χ1n) is 5.69. The molecule has 16 heavy (non-hydrogen) atoms. The molecule has 0 radical (unpaired) electrons. The second-order valence-corrected chi connectivity index (χ2v) is 5.72. The van der Waals surface area contributed by atoms with Gasteiger partial charge in [0.2, 0.25) is 0 Å². The topological polar surface area (TPSA) is 34.1 Å². The predicted molar refractivity (Wildman–Crippen MR) is 68.9 cm³/mol. The summed E-state index contributed by atoms with van der Waals surface area (Å²) in [6.45, 7) is 10.2. The molecule has 4 heteroatoms. The molecule has 0 bridgehead atoms. The SMILES string of the molecule is COCC(NCc1sc(C)nc1C)C(C)C. The van der Waals surface area contributed by atoms with Crippen molar-refractivity contribution in [2.45, 2.75) is 40.3 Å². The van der Waals surface area contributed by atoms with Gasteiger partial charge < -0.3 is 10.1 Å². The highest BCUT2D eigenvalue weighted by Crippen LogP contribution is 2.17. The van der Waals surface area contributed by atoms with Crippen molar-refractivity contribution in [1.29, 1.82) is 0 Å². The second-order valence-electron chi connectivity index (χ2n) is 4.43. The standard InChI is InChI=1S/C12H22N2OS/c1-8(2)11(7-15-5)13-6-12-9(3)14-10(4)16-12/h8,11,13H,6-7H2,1-5H3. The highest BCUT2D eigenvalue weighted by Gasteiger charge is 2.13. The normalized spacial score (nSPS) is 13.4. The van der Waals surface area contributed by atoms with Crippen LogP contribution in [0.25, 0.3) is 0 Å². The summed E-state index contributed by atoms with van der Waals surface area (Å²) in [5.41, 5.74) is 1.15. The summed E-state index contributed by atoms with van der Waals surface area (Å²) >= 11 is 1.77. The molecule has 1 heterocycles. The lowest BCUT2D eigenvalue weighted by Gasteiger charge is -2.21. The summed E-state index contributed by atoms with van der Waals surface area (Å²) in [4.78, 5) is 5.76. The number of methoxy groups -OCH3 is 1. The summed E-state index contributed by atoms with van der Waals surface area (Å²) in [5, 5.41) is 4.68. The minimum Gasteiger partial charge on any atom is -0.383 e. The van der Waals surface area contributed by atoms with Crippen LogP contribution in [-0.4, -0.2) is 24.7 Å². The zero-order chi connectivity index (χ0) is 12.1. The average molecular weight is 242 g/mol. The monoisotopic (exact) mass is 242 g/mol. The Balaban J connectivity index is 2.51. The minimum atomic E-state index is 0.409. The maximum atomic E-state index is 5.21. The highest BCUT2D eigenvalue weighted by atomic mass is 32.1. The number of nitrogens with zero attached hydrogens (tertiary/aromatic N) is 1. The van der Waals surface area contributed by atoms with Gasteiger partial charge in [0, 0.05) is 24.6 Å². The van der Waals surface area contributed by atoms with Crippen molar-refractivity contribution in [2.75, 3.05) is 13.7 Å². The van der Waals surface area contributed by atoms with E-state index in [0.717, 1.165) is 23.9 Å². The molecule has 3 nitrogen and oxygen atoms in total. The van der Waals surface area contributed by atoms with Crippen LogP contribution in [0, 0.1) is 19.8 Å². The van der Waals surface area contributed by atoms with E-state index >= 15 is 0 Å². The van der Waals surface area contributed by atoms with Crippen LogP contribution in [0.4, 0.5) is 0 Å². The molecule has 0 aliphatic rings. The van der Waals surface area contributed by atoms with Crippen molar-refractivity contribution >= 4 is 11.3 Å². The third kappa shape index (κ3) is 3.85. The van der Waals surface area contributed by atoms with Crippen molar-refractivity contribution in [1.82, 2.24) is 10.3 Å². The quantitative estimate of drug-likeness (QED) is 0.832. The van der Waals surface area contributed by atoms with Gasteiger partial charge in [0.05, 0.1) is 17.3 Å². The number of ether oxygens (including phenoxy) is 1. The van der Waals surface area contributed by atoms with E-state index in [1.807, 2.05) is 0 Å². The van der Waals surface area contributed by atoms with E-state index in [1.165, 1.54) is 4.88 Å². The zero-order valence-corrected chi connectivity index (χ0v) is 11.6. The van der Waals surface area contributed by atoms with Crippen molar-refractivity contribution in [3.8, 4) is 0 Å². The molecule has 0 aliphatic carbocycles. The smallest absolute Gasteiger partial charge is 0.0900 e. The Morgan fingerprint density at radius 1 is 1.38 bits per heavy atom. The molecule has 1 unspecified atom stereocenters. The first kappa shape index (κ1) is 13.6. The molecule has 0 aliphatic heterocycles. The van der Waals surface area contributed by atoms with E-state index in [9.17, 15) is 0 Å². The molecule has 0 saturated heterocycles. The Bertz CT molecular complexity index is 323. The number of hydrogen-bond donors (Lipinski definition) is 1. The van der Waals surface area contributed by atoms with Crippen LogP contribution in [-0.2, 0) is 11.3 Å². The number of nitrogens with one attached hydrogen (secondary N) is 1. The molecule has 1 aromatic rings. The van der Waals surface area contributed by atoms with Gasteiger partial charge in [-0.3, -0.25) is 0 Å². The molecular weight excluding hydrogens is 220 g/mol. The summed E-state index contributed by atoms with van der Waals surface area (Å²) in [6, 6.07) is 0.409. The van der Waals surface area contributed by atoms with E-state index in [0.29, 0.717) is 12.0 Å². The second kappa shape index (κ2) is 6.33. The number of rotatable bonds is 6. The minimum absolute atomic E-state index is 0.409. The Morgan fingerprint density at radius 2 is 2.06 bits per heavy atom. The molecule has 1 aromatic heterocycles. The van der Waals surface area contributed by atoms with Gasteiger partial charge in [0.25, 0.3) is 0 Å². The molecule has 1 atom stereocenters. The summed E-state index contributed by atoms with van der Waals surface area (Å²) in [7, 11) is 1.75. The third-order valence-electron chi connectivity index (χ3n) is 2.68. The van der Waals surface area contributed by atoms with Gasteiger partial charge in [-0.1, -0.05) is 13.8 Å². The van der Waals surface area contributed by atoms with Gasteiger partial charge in [-0.2, -0.15) is 0 Å². The molecule has 0 amide bonds. The molecular formula is C12H22N2OS. The van der Waals surface area contributed by atoms with E-state index in [4.69, 9.17) is 4.74 Å². The zero-order valence-electron chi connectivity index (χ0n) is 10.8. The largest absolute Gasteiger partial charge is 0.383 e. The highest BCUT2D eigenvalue weighted by molar-refractivity contribution is 7.11. The molecule has 1 rings (SSSR count). The summed E-state index contributed by atoms with van der Waals surface area (Å²) in [5.74, 6) is 0.578. The summed E-state index contributed by atoms with van der Waals surface area (Å²) < 4.78 is 5.21. The molecule has 92 valence electrons. The molecule has 0 aromatic carbocycles. The molecule has 1 N–H and O–H groups in total. The Hall–Kier alpha value is -0.450. The first-order valence-corrected chi connectivity index (χ1v) is 6.51. The van der Waals surface area contributed by atoms with Crippen LogP contribution < -0.4 is 5.32 Å². The Morgan fingerprint density at radius 3 is 2.50 bits per heavy atom. The van der Waals surface area contributed by atoms with E-state index in [2.05, 4.69) is 38.0 Å². The molecule has 0 fully saturated rings. The fraction of sp³-hybridized carbons (Fsp3) is 0.750. The molecule has 0 spiro atoms. The van der Waals surface area contributed by atoms with Crippen molar-refractivity contribution in [2.24, 2.45) is 5.92 Å². The Labute approximate surface area is 102 Å². The van der Waals surface area contributed by atoms with Gasteiger partial charge in [0.1, 0.15) is 0 Å².